The van der Waals surface area contributed by atoms with Gasteiger partial charge in [0.15, 0.2) is 0 Å². The largest absolute Gasteiger partial charge is 0.469 e. The molecule has 1 atom stereocenters. The van der Waals surface area contributed by atoms with Crippen LogP contribution in [0.4, 0.5) is 4.79 Å². The number of halogens is 1. The summed E-state index contributed by atoms with van der Waals surface area (Å²) in [5.41, 5.74) is -0.289. The first kappa shape index (κ1) is 24.3. The van der Waals surface area contributed by atoms with Crippen LogP contribution >= 0.6 is 11.6 Å². The molecule has 1 N–H and O–H groups in total. The second kappa shape index (κ2) is 10.6. The minimum absolute atomic E-state index is 0.0681. The lowest BCUT2D eigenvalue weighted by Crippen LogP contribution is -2.58. The maximum Gasteiger partial charge on any atom is 0.325 e. The topological polar surface area (TPSA) is 92.1 Å². The van der Waals surface area contributed by atoms with Gasteiger partial charge in [-0.15, -0.1) is 0 Å². The fourth-order valence-electron chi connectivity index (χ4n) is 4.98. The van der Waals surface area contributed by atoms with Gasteiger partial charge in [-0.2, -0.15) is 0 Å². The Bertz CT molecular complexity index is 1020. The number of likely N-dealkylation sites (tertiary alicyclic amines) is 1. The third-order valence-corrected chi connectivity index (χ3v) is 7.23. The molecule has 3 heterocycles. The first-order valence-corrected chi connectivity index (χ1v) is 12.0. The summed E-state index contributed by atoms with van der Waals surface area (Å²) in [5, 5.41) is 3.58. The molecular weight excluding hydrogens is 458 g/mol. The van der Waals surface area contributed by atoms with Crippen molar-refractivity contribution < 1.29 is 23.5 Å². The van der Waals surface area contributed by atoms with Crippen molar-refractivity contribution in [2.24, 2.45) is 5.92 Å². The predicted molar refractivity (Wildman–Crippen MR) is 126 cm³/mol. The van der Waals surface area contributed by atoms with E-state index in [1.165, 1.54) is 12.0 Å². The Morgan fingerprint density at radius 3 is 2.65 bits per heavy atom. The van der Waals surface area contributed by atoms with Crippen molar-refractivity contribution in [1.29, 1.82) is 0 Å². The molecule has 2 aliphatic heterocycles. The van der Waals surface area contributed by atoms with Crippen LogP contribution < -0.4 is 5.32 Å². The molecule has 1 aromatic heterocycles. The zero-order valence-corrected chi connectivity index (χ0v) is 20.1. The molecule has 0 saturated carbocycles. The number of methoxy groups -OCH3 is 1. The molecule has 0 spiro atoms. The summed E-state index contributed by atoms with van der Waals surface area (Å²) in [7, 11) is 1.54. The summed E-state index contributed by atoms with van der Waals surface area (Å²) in [6.07, 6.45) is 4.07. The molecule has 2 saturated heterocycles. The van der Waals surface area contributed by atoms with Gasteiger partial charge in [-0.1, -0.05) is 29.8 Å². The summed E-state index contributed by atoms with van der Waals surface area (Å²) in [4.78, 5) is 42.3. The van der Waals surface area contributed by atoms with Crippen molar-refractivity contribution in [1.82, 2.24) is 15.1 Å². The summed E-state index contributed by atoms with van der Waals surface area (Å²) in [6, 6.07) is 10.6. The number of imide groups is 1. The Morgan fingerprint density at radius 2 is 1.97 bits per heavy atom. The highest BCUT2D eigenvalue weighted by Crippen LogP contribution is 2.37. The number of hydrogen-bond acceptors (Lipinski definition) is 5. The van der Waals surface area contributed by atoms with Crippen LogP contribution in [0, 0.1) is 5.92 Å². The van der Waals surface area contributed by atoms with E-state index in [4.69, 9.17) is 20.8 Å². The lowest BCUT2D eigenvalue weighted by molar-refractivity contribution is -0.136. The Balaban J connectivity index is 1.49. The minimum Gasteiger partial charge on any atom is -0.469 e. The third kappa shape index (κ3) is 4.98. The van der Waals surface area contributed by atoms with Gasteiger partial charge in [0.1, 0.15) is 11.3 Å². The van der Waals surface area contributed by atoms with Gasteiger partial charge in [-0.05, 0) is 42.5 Å². The third-order valence-electron chi connectivity index (χ3n) is 6.86. The quantitative estimate of drug-likeness (QED) is 0.548. The number of nitrogens with zero attached hydrogens (tertiary/aromatic N) is 2. The molecular formula is C25H30ClN3O5. The SMILES string of the molecule is COCCN1C(=O)N[C@](Cc2ccccc2Cl)(C2CCN(C(=O)CCc3ccco3)CC2)C1=O. The van der Waals surface area contributed by atoms with Crippen LogP contribution in [0.15, 0.2) is 47.1 Å². The molecule has 9 heteroatoms. The number of piperidine rings is 1. The monoisotopic (exact) mass is 487 g/mol. The second-order valence-electron chi connectivity index (χ2n) is 8.85. The Labute approximate surface area is 204 Å². The van der Waals surface area contributed by atoms with Crippen molar-refractivity contribution in [2.45, 2.75) is 37.6 Å². The first-order valence-electron chi connectivity index (χ1n) is 11.6. The lowest BCUT2D eigenvalue weighted by Gasteiger charge is -2.41. The fourth-order valence-corrected chi connectivity index (χ4v) is 5.18. The smallest absolute Gasteiger partial charge is 0.325 e. The van der Waals surface area contributed by atoms with Gasteiger partial charge in [0, 0.05) is 44.5 Å². The highest BCUT2D eigenvalue weighted by atomic mass is 35.5. The molecule has 0 bridgehead atoms. The van der Waals surface area contributed by atoms with Crippen molar-refractivity contribution in [3.8, 4) is 0 Å². The number of hydrogen-bond donors (Lipinski definition) is 1. The van der Waals surface area contributed by atoms with E-state index in [0.717, 1.165) is 11.3 Å². The van der Waals surface area contributed by atoms with Gasteiger partial charge in [-0.25, -0.2) is 4.79 Å². The zero-order valence-electron chi connectivity index (χ0n) is 19.3. The summed E-state index contributed by atoms with van der Waals surface area (Å²) in [6.45, 7) is 1.53. The molecule has 2 aliphatic rings. The van der Waals surface area contributed by atoms with E-state index in [1.807, 2.05) is 35.2 Å². The van der Waals surface area contributed by atoms with Crippen LogP contribution in [-0.2, 0) is 27.2 Å². The Hall–Kier alpha value is -2.84. The number of ether oxygens (including phenoxy) is 1. The maximum atomic E-state index is 13.7. The van der Waals surface area contributed by atoms with Gasteiger partial charge < -0.3 is 19.4 Å². The van der Waals surface area contributed by atoms with Crippen molar-refractivity contribution in [3.05, 3.63) is 59.0 Å². The van der Waals surface area contributed by atoms with E-state index in [1.54, 1.807) is 12.3 Å². The minimum atomic E-state index is -1.10. The van der Waals surface area contributed by atoms with Gasteiger partial charge >= 0.3 is 6.03 Å². The Morgan fingerprint density at radius 1 is 1.21 bits per heavy atom. The van der Waals surface area contributed by atoms with E-state index in [2.05, 4.69) is 5.32 Å². The molecule has 8 nitrogen and oxygen atoms in total. The highest BCUT2D eigenvalue weighted by Gasteiger charge is 2.56. The summed E-state index contributed by atoms with van der Waals surface area (Å²) in [5.74, 6) is 0.481. The predicted octanol–water partition coefficient (Wildman–Crippen LogP) is 3.28. The number of amides is 4. The van der Waals surface area contributed by atoms with Crippen LogP contribution in [0.25, 0.3) is 0 Å². The molecule has 0 aliphatic carbocycles. The standard InChI is InChI=1S/C25H30ClN3O5/c1-33-16-14-29-23(31)25(27-24(29)32,17-18-5-2-3-7-21(18)26)19-10-12-28(13-11-19)22(30)9-8-20-6-4-15-34-20/h2-7,15,19H,8-14,16-17H2,1H3,(H,27,32)/t25-/m1/s1. The normalized spacial score (nSPS) is 21.2. The average molecular weight is 488 g/mol. The lowest BCUT2D eigenvalue weighted by atomic mass is 9.73. The summed E-state index contributed by atoms with van der Waals surface area (Å²) >= 11 is 6.43. The summed E-state index contributed by atoms with van der Waals surface area (Å²) < 4.78 is 10.4. The van der Waals surface area contributed by atoms with E-state index in [9.17, 15) is 14.4 Å². The van der Waals surface area contributed by atoms with Crippen LogP contribution in [0.1, 0.15) is 30.6 Å². The number of aryl methyl sites for hydroxylation is 1. The first-order chi connectivity index (χ1) is 16.4. The zero-order chi connectivity index (χ0) is 24.1. The number of benzene rings is 1. The number of carbonyl (C=O) groups is 3. The maximum absolute atomic E-state index is 13.7. The van der Waals surface area contributed by atoms with E-state index in [-0.39, 0.29) is 30.9 Å². The van der Waals surface area contributed by atoms with Gasteiger partial charge in [0.05, 0.1) is 19.4 Å². The van der Waals surface area contributed by atoms with Crippen molar-refractivity contribution >= 4 is 29.4 Å². The number of urea groups is 1. The van der Waals surface area contributed by atoms with Crippen molar-refractivity contribution in [2.75, 3.05) is 33.4 Å². The van der Waals surface area contributed by atoms with Gasteiger partial charge in [0.2, 0.25) is 5.91 Å². The number of rotatable bonds is 9. The van der Waals surface area contributed by atoms with Crippen LogP contribution in [0.2, 0.25) is 5.02 Å². The van der Waals surface area contributed by atoms with Gasteiger partial charge in [-0.3, -0.25) is 14.5 Å². The molecule has 0 radical (unpaired) electrons. The van der Waals surface area contributed by atoms with E-state index < -0.39 is 11.6 Å². The average Bonchev–Trinajstić information content (AvgIpc) is 3.45. The van der Waals surface area contributed by atoms with Crippen molar-refractivity contribution in [3.63, 3.8) is 0 Å². The van der Waals surface area contributed by atoms with Gasteiger partial charge in [0.25, 0.3) is 5.91 Å². The number of furan rings is 1. The van der Waals surface area contributed by atoms with Crippen LogP contribution in [0.3, 0.4) is 0 Å². The molecule has 0 unspecified atom stereocenters. The molecule has 2 fully saturated rings. The Kier molecular flexibility index (Phi) is 7.58. The number of nitrogens with one attached hydrogen (secondary N) is 1. The molecule has 34 heavy (non-hydrogen) atoms. The molecule has 4 rings (SSSR count). The molecule has 2 aromatic rings. The van der Waals surface area contributed by atoms with Crippen LogP contribution in [0.5, 0.6) is 0 Å². The fraction of sp³-hybridized carbons (Fsp3) is 0.480. The molecule has 1 aromatic carbocycles. The van der Waals surface area contributed by atoms with Crippen LogP contribution in [-0.4, -0.2) is 66.5 Å². The molecule has 182 valence electrons. The highest BCUT2D eigenvalue weighted by molar-refractivity contribution is 6.31. The van der Waals surface area contributed by atoms with E-state index >= 15 is 0 Å². The van der Waals surface area contributed by atoms with E-state index in [0.29, 0.717) is 50.2 Å². The second-order valence-corrected chi connectivity index (χ2v) is 9.26. The molecule has 4 amide bonds. The number of carbonyl (C=O) groups excluding carboxylic acids is 3.